The van der Waals surface area contributed by atoms with Crippen LogP contribution in [-0.2, 0) is 54.3 Å². The number of carboxylic acid groups (broad SMARTS) is 2. The summed E-state index contributed by atoms with van der Waals surface area (Å²) >= 11 is 0. The molecule has 0 unspecified atom stereocenters. The average molecular weight is 995 g/mol. The van der Waals surface area contributed by atoms with Crippen LogP contribution in [0.1, 0.15) is 99.0 Å². The highest BCUT2D eigenvalue weighted by Gasteiger charge is 2.34. The summed E-state index contributed by atoms with van der Waals surface area (Å²) in [5, 5.41) is 37.7. The first-order valence-electron chi connectivity index (χ1n) is 23.7. The topological polar surface area (TPSA) is 352 Å². The second-order valence-electron chi connectivity index (χ2n) is 17.8. The van der Waals surface area contributed by atoms with Crippen LogP contribution >= 0.6 is 0 Å². The lowest BCUT2D eigenvalue weighted by Gasteiger charge is -2.27. The van der Waals surface area contributed by atoms with E-state index in [4.69, 9.17) is 16.2 Å². The van der Waals surface area contributed by atoms with E-state index in [1.165, 1.54) is 32.9 Å². The van der Waals surface area contributed by atoms with Crippen molar-refractivity contribution in [1.82, 2.24) is 37.2 Å². The smallest absolute Gasteiger partial charge is 0.326 e. The maximum Gasteiger partial charge on any atom is 0.326 e. The van der Waals surface area contributed by atoms with Crippen molar-refractivity contribution in [2.75, 3.05) is 13.7 Å². The molecule has 2 rings (SSSR count). The van der Waals surface area contributed by atoms with E-state index < -0.39 is 115 Å². The number of amides is 7. The van der Waals surface area contributed by atoms with Crippen LogP contribution in [-0.4, -0.2) is 125 Å². The third kappa shape index (κ3) is 21.6. The summed E-state index contributed by atoms with van der Waals surface area (Å²) in [5.74, 6) is -10.9. The van der Waals surface area contributed by atoms with Crippen LogP contribution in [0.5, 0.6) is 0 Å². The van der Waals surface area contributed by atoms with Crippen LogP contribution in [0.3, 0.4) is 0 Å². The molecule has 22 heteroatoms. The Morgan fingerprint density at radius 1 is 0.845 bits per heavy atom. The van der Waals surface area contributed by atoms with Gasteiger partial charge in [0.25, 0.3) is 5.91 Å². The number of nitrogens with zero attached hydrogens (tertiary/aromatic N) is 1. The summed E-state index contributed by atoms with van der Waals surface area (Å²) in [5.41, 5.74) is 12.5. The van der Waals surface area contributed by atoms with E-state index in [0.29, 0.717) is 18.4 Å². The zero-order valence-corrected chi connectivity index (χ0v) is 41.9. The van der Waals surface area contributed by atoms with Gasteiger partial charge in [-0.2, -0.15) is 0 Å². The van der Waals surface area contributed by atoms with Gasteiger partial charge in [0, 0.05) is 26.0 Å². The summed E-state index contributed by atoms with van der Waals surface area (Å²) in [7, 11) is 1.61. The van der Waals surface area contributed by atoms with Crippen molar-refractivity contribution >= 4 is 59.2 Å². The van der Waals surface area contributed by atoms with E-state index in [9.17, 15) is 53.4 Å². The van der Waals surface area contributed by atoms with E-state index in [-0.39, 0.29) is 55.4 Å². The molecule has 0 aliphatic carbocycles. The predicted octanol–water partition coefficient (Wildman–Crippen LogP) is 0.810. The average Bonchev–Trinajstić information content (AvgIpc) is 3.31. The van der Waals surface area contributed by atoms with E-state index in [2.05, 4.69) is 42.2 Å². The zero-order chi connectivity index (χ0) is 53.4. The van der Waals surface area contributed by atoms with E-state index in [0.717, 1.165) is 5.56 Å². The van der Waals surface area contributed by atoms with Crippen LogP contribution in [0.4, 0.5) is 0 Å². The minimum Gasteiger partial charge on any atom is -0.480 e. The molecule has 1 aliphatic heterocycles. The molecule has 392 valence electrons. The molecule has 1 aromatic rings. The largest absolute Gasteiger partial charge is 0.480 e. The Balaban J connectivity index is 2.69. The SMILES string of the molecule is C/C=C1/NC(=O)CC[C@H](C(=O)O)NC(=O)[C@@H](C)[C@H](/C=C/C(C)=C/[C@H](C)[C@H](Cc2ccccc2)OC)NC(=O)[C@H](CCCN=C(N)N)NC(=O)C[C@H](C(=O)O)NC(=O)[C@H](C[C@@H](C)CC)NC(=O)[C@@H](C)NC1=O. The second kappa shape index (κ2) is 30.5. The molecule has 71 heavy (non-hydrogen) atoms. The van der Waals surface area contributed by atoms with Crippen LogP contribution in [0, 0.1) is 17.8 Å². The lowest BCUT2D eigenvalue weighted by atomic mass is 9.94. The molecule has 1 aromatic carbocycles. The van der Waals surface area contributed by atoms with Gasteiger partial charge in [0.2, 0.25) is 35.4 Å². The highest BCUT2D eigenvalue weighted by atomic mass is 16.5. The highest BCUT2D eigenvalue weighted by Crippen LogP contribution is 2.19. The lowest BCUT2D eigenvalue weighted by molar-refractivity contribution is -0.144. The molecule has 0 radical (unpaired) electrons. The first kappa shape index (κ1) is 60.0. The van der Waals surface area contributed by atoms with Crippen LogP contribution in [0.15, 0.2) is 70.9 Å². The Morgan fingerprint density at radius 2 is 1.48 bits per heavy atom. The Hall–Kier alpha value is -7.10. The normalized spacial score (nSPS) is 25.1. The quantitative estimate of drug-likeness (QED) is 0.0359. The minimum atomic E-state index is -1.85. The number of allylic oxidation sites excluding steroid dienone is 3. The molecule has 7 amide bonds. The standard InChI is InChI=1S/C49H74N10O12/c1-9-27(3)24-37-46(66)59-38(48(69)70)26-41(61)55-35(17-14-22-52-49(50)51)45(65)56-34(19-18-28(4)23-29(5)39(71-8)25-32-15-12-11-13-16-32)30(6)42(62)57-36(47(67)68)20-21-40(60)54-33(10-2)44(64)53-31(7)43(63)58-37/h10-13,15-16,18-19,23,27,29-31,34-39H,9,14,17,20-22,24-26H2,1-8H3,(H,53,64)(H,54,60)(H,55,61)(H,56,65)(H,57,62)(H,58,63)(H,59,66)(H,67,68)(H,69,70)(H4,50,51,52)/b19-18+,28-23+,33-10+/t27-,29-,30-,31+,34-,35-,36+,37-,38+,39-/m0/s1. The van der Waals surface area contributed by atoms with Gasteiger partial charge in [-0.25, -0.2) is 9.59 Å². The summed E-state index contributed by atoms with van der Waals surface area (Å²) in [6, 6.07) is 1.13. The van der Waals surface area contributed by atoms with Crippen LogP contribution in [0.2, 0.25) is 0 Å². The summed E-state index contributed by atoms with van der Waals surface area (Å²) < 4.78 is 5.81. The van der Waals surface area contributed by atoms with Gasteiger partial charge in [-0.15, -0.1) is 0 Å². The highest BCUT2D eigenvalue weighted by molar-refractivity contribution is 6.00. The number of nitrogens with one attached hydrogen (secondary N) is 7. The molecule has 10 atom stereocenters. The van der Waals surface area contributed by atoms with Gasteiger partial charge in [0.05, 0.1) is 24.5 Å². The molecule has 0 bridgehead atoms. The molecule has 1 fully saturated rings. The first-order valence-corrected chi connectivity index (χ1v) is 23.7. The number of aliphatic imine (C=N–C) groups is 1. The third-order valence-electron chi connectivity index (χ3n) is 11.9. The number of hydrogen-bond donors (Lipinski definition) is 11. The number of carbonyl (C=O) groups excluding carboxylic acids is 7. The van der Waals surface area contributed by atoms with Crippen molar-refractivity contribution in [3.8, 4) is 0 Å². The van der Waals surface area contributed by atoms with Crippen molar-refractivity contribution in [2.45, 2.75) is 142 Å². The van der Waals surface area contributed by atoms with Gasteiger partial charge in [-0.1, -0.05) is 94.3 Å². The maximum absolute atomic E-state index is 14.3. The number of hydrogen-bond acceptors (Lipinski definition) is 11. The molecule has 13 N–H and O–H groups in total. The van der Waals surface area contributed by atoms with E-state index in [1.54, 1.807) is 27.0 Å². The maximum atomic E-state index is 14.3. The zero-order valence-electron chi connectivity index (χ0n) is 41.9. The number of methoxy groups -OCH3 is 1. The van der Waals surface area contributed by atoms with E-state index in [1.807, 2.05) is 50.3 Å². The number of benzene rings is 1. The fourth-order valence-electron chi connectivity index (χ4n) is 7.36. The number of carboxylic acids is 2. The minimum absolute atomic E-state index is 0.0308. The van der Waals surface area contributed by atoms with Crippen molar-refractivity contribution in [3.63, 3.8) is 0 Å². The van der Waals surface area contributed by atoms with Crippen LogP contribution < -0.4 is 48.7 Å². The Labute approximate surface area is 415 Å². The Kier molecular flexibility index (Phi) is 25.8. The number of nitrogens with two attached hydrogens (primary N) is 2. The number of guanidine groups is 1. The van der Waals surface area contributed by atoms with Crippen molar-refractivity contribution in [1.29, 1.82) is 0 Å². The molecule has 0 aromatic heterocycles. The van der Waals surface area contributed by atoms with Crippen molar-refractivity contribution in [2.24, 2.45) is 34.2 Å². The van der Waals surface area contributed by atoms with Crippen molar-refractivity contribution in [3.05, 3.63) is 71.5 Å². The lowest BCUT2D eigenvalue weighted by Crippen LogP contribution is -2.57. The predicted molar refractivity (Wildman–Crippen MR) is 264 cm³/mol. The van der Waals surface area contributed by atoms with Crippen LogP contribution in [0.25, 0.3) is 0 Å². The Bertz CT molecular complexity index is 2140. The number of carbonyl (C=O) groups is 9. The molecular formula is C49H74N10O12. The van der Waals surface area contributed by atoms with Gasteiger partial charge >= 0.3 is 11.9 Å². The number of aliphatic carboxylic acids is 2. The third-order valence-corrected chi connectivity index (χ3v) is 11.9. The summed E-state index contributed by atoms with van der Waals surface area (Å²) in [6.45, 7) is 11.6. The number of ether oxygens (including phenoxy) is 1. The fourth-order valence-corrected chi connectivity index (χ4v) is 7.36. The molecule has 1 heterocycles. The van der Waals surface area contributed by atoms with Gasteiger partial charge in [-0.3, -0.25) is 38.6 Å². The summed E-state index contributed by atoms with van der Waals surface area (Å²) in [4.78, 5) is 124. The molecule has 1 saturated heterocycles. The van der Waals surface area contributed by atoms with E-state index >= 15 is 0 Å². The molecular weight excluding hydrogens is 921 g/mol. The second-order valence-corrected chi connectivity index (χ2v) is 17.8. The Morgan fingerprint density at radius 3 is 2.07 bits per heavy atom. The van der Waals surface area contributed by atoms with Gasteiger partial charge < -0.3 is 63.6 Å². The van der Waals surface area contributed by atoms with Crippen molar-refractivity contribution < 1.29 is 58.1 Å². The van der Waals surface area contributed by atoms with Gasteiger partial charge in [0.15, 0.2) is 5.96 Å². The van der Waals surface area contributed by atoms with Gasteiger partial charge in [0.1, 0.15) is 35.9 Å². The molecule has 0 saturated carbocycles. The first-order chi connectivity index (χ1) is 33.5. The fraction of sp³-hybridized carbons (Fsp3) is 0.551. The monoisotopic (exact) mass is 995 g/mol. The molecule has 0 spiro atoms. The number of rotatable bonds is 16. The molecule has 22 nitrogen and oxygen atoms in total. The summed E-state index contributed by atoms with van der Waals surface area (Å²) in [6.07, 6.45) is 5.68. The molecule has 1 aliphatic rings. The van der Waals surface area contributed by atoms with Gasteiger partial charge in [-0.05, 0) is 64.4 Å².